The summed E-state index contributed by atoms with van der Waals surface area (Å²) in [5.41, 5.74) is 6.23. The molecule has 4 aromatic carbocycles. The minimum atomic E-state index is -0.315. The highest BCUT2D eigenvalue weighted by atomic mass is 35.5. The molecule has 0 aliphatic heterocycles. The van der Waals surface area contributed by atoms with Crippen molar-refractivity contribution in [2.75, 3.05) is 6.61 Å². The number of aryl methyl sites for hydroxylation is 1. The van der Waals surface area contributed by atoms with Crippen LogP contribution >= 0.6 is 11.6 Å². The molecule has 1 unspecified atom stereocenters. The fraction of sp³-hybridized carbons (Fsp3) is 0.256. The Hall–Kier alpha value is -5.32. The molecular formula is C43H39ClFNO5. The normalized spacial score (nSPS) is 15.6. The van der Waals surface area contributed by atoms with Crippen LogP contribution in [-0.2, 0) is 12.8 Å². The first-order valence-electron chi connectivity index (χ1n) is 17.2. The zero-order chi connectivity index (χ0) is 35.9. The van der Waals surface area contributed by atoms with Crippen molar-refractivity contribution in [1.82, 2.24) is 0 Å². The van der Waals surface area contributed by atoms with Crippen molar-refractivity contribution < 1.29 is 28.9 Å². The second-order valence-corrected chi connectivity index (χ2v) is 13.4. The van der Waals surface area contributed by atoms with Gasteiger partial charge in [0.1, 0.15) is 30.0 Å². The van der Waals surface area contributed by atoms with Crippen LogP contribution in [0, 0.1) is 23.1 Å². The Morgan fingerprint density at radius 2 is 1.84 bits per heavy atom. The third-order valence-electron chi connectivity index (χ3n) is 9.48. The molecule has 0 fully saturated rings. The van der Waals surface area contributed by atoms with Crippen LogP contribution in [0.4, 0.5) is 4.39 Å². The van der Waals surface area contributed by atoms with Gasteiger partial charge in [-0.25, -0.2) is 4.39 Å². The number of nitrogens with zero attached hydrogens (tertiary/aromatic N) is 1. The largest absolute Gasteiger partial charge is 0.504 e. The summed E-state index contributed by atoms with van der Waals surface area (Å²) in [6.45, 7) is 2.12. The van der Waals surface area contributed by atoms with Gasteiger partial charge in [-0.15, -0.1) is 0 Å². The molecule has 0 amide bonds. The summed E-state index contributed by atoms with van der Waals surface area (Å²) < 4.78 is 27.7. The molecule has 2 atom stereocenters. The number of carbonyl (C=O) groups is 1. The lowest BCUT2D eigenvalue weighted by Crippen LogP contribution is -2.11. The van der Waals surface area contributed by atoms with Crippen LogP contribution in [-0.4, -0.2) is 22.6 Å². The molecule has 0 aromatic heterocycles. The molecule has 0 spiro atoms. The summed E-state index contributed by atoms with van der Waals surface area (Å²) in [5, 5.41) is 29.4. The smallest absolute Gasteiger partial charge is 0.165 e. The van der Waals surface area contributed by atoms with Crippen LogP contribution in [0.3, 0.4) is 0 Å². The number of ether oxygens (including phenoxy) is 2. The van der Waals surface area contributed by atoms with Gasteiger partial charge in [0, 0.05) is 23.1 Å². The van der Waals surface area contributed by atoms with E-state index in [1.807, 2.05) is 61.5 Å². The number of nitriles is 1. The number of hydrogen-bond acceptors (Lipinski definition) is 6. The van der Waals surface area contributed by atoms with E-state index in [0.717, 1.165) is 53.5 Å². The molecule has 4 aromatic rings. The zero-order valence-corrected chi connectivity index (χ0v) is 29.1. The first kappa shape index (κ1) is 35.5. The van der Waals surface area contributed by atoms with E-state index in [-0.39, 0.29) is 41.7 Å². The van der Waals surface area contributed by atoms with Crippen LogP contribution in [0.15, 0.2) is 108 Å². The van der Waals surface area contributed by atoms with Crippen molar-refractivity contribution in [3.05, 3.63) is 141 Å². The molecule has 0 saturated carbocycles. The van der Waals surface area contributed by atoms with E-state index in [2.05, 4.69) is 6.07 Å². The summed E-state index contributed by atoms with van der Waals surface area (Å²) in [7, 11) is 0. The van der Waals surface area contributed by atoms with E-state index in [4.69, 9.17) is 21.1 Å². The molecule has 6 rings (SSSR count). The zero-order valence-electron chi connectivity index (χ0n) is 28.4. The first-order chi connectivity index (χ1) is 24.7. The summed E-state index contributed by atoms with van der Waals surface area (Å²) in [6, 6.07) is 22.8. The second kappa shape index (κ2) is 16.1. The summed E-state index contributed by atoms with van der Waals surface area (Å²) >= 11 is 6.88. The monoisotopic (exact) mass is 703 g/mol. The number of halogens is 2. The maximum absolute atomic E-state index is 14.8. The van der Waals surface area contributed by atoms with Crippen molar-refractivity contribution in [2.24, 2.45) is 5.92 Å². The number of phenols is 2. The van der Waals surface area contributed by atoms with Crippen LogP contribution < -0.4 is 9.47 Å². The third kappa shape index (κ3) is 8.36. The highest BCUT2D eigenvalue weighted by molar-refractivity contribution is 6.32. The molecule has 2 N–H and O–H groups in total. The van der Waals surface area contributed by atoms with Gasteiger partial charge in [0.25, 0.3) is 0 Å². The number of phenolic OH excluding ortho intramolecular Hbond substituents is 2. The lowest BCUT2D eigenvalue weighted by Gasteiger charge is -2.20. The number of aromatic hydroxyl groups is 2. The number of rotatable bonds is 13. The minimum Gasteiger partial charge on any atom is -0.504 e. The second-order valence-electron chi connectivity index (χ2n) is 13.0. The highest BCUT2D eigenvalue weighted by Crippen LogP contribution is 2.43. The first-order valence-corrected chi connectivity index (χ1v) is 17.6. The average Bonchev–Trinajstić information content (AvgIpc) is 3.40. The van der Waals surface area contributed by atoms with Crippen molar-refractivity contribution in [3.8, 4) is 40.2 Å². The SMILES string of the molecule is CC(CCCCc1cc(Cl)c(O[C@H]2CCc3c(-c4ccccc4F)cccc32)cc1OCC1=CCC=CC(C#N)=C1)C(=O)c1ccc(O)c(O)c1. The Balaban J connectivity index is 1.19. The number of carbonyl (C=O) groups excluding carboxylic acids is 1. The van der Waals surface area contributed by atoms with Gasteiger partial charge >= 0.3 is 0 Å². The molecule has 6 nitrogen and oxygen atoms in total. The summed E-state index contributed by atoms with van der Waals surface area (Å²) in [6.07, 6.45) is 12.3. The number of benzene rings is 4. The predicted molar refractivity (Wildman–Crippen MR) is 197 cm³/mol. The molecule has 260 valence electrons. The Labute approximate surface area is 302 Å². The van der Waals surface area contributed by atoms with Gasteiger partial charge in [-0.3, -0.25) is 4.79 Å². The number of fused-ring (bicyclic) bond motifs is 1. The number of unbranched alkanes of at least 4 members (excludes halogenated alkanes) is 1. The molecule has 0 heterocycles. The van der Waals surface area contributed by atoms with Gasteiger partial charge in [-0.2, -0.15) is 5.26 Å². The van der Waals surface area contributed by atoms with Gasteiger partial charge in [0.15, 0.2) is 17.3 Å². The summed E-state index contributed by atoms with van der Waals surface area (Å²) in [5.74, 6) is -0.0800. The van der Waals surface area contributed by atoms with Gasteiger partial charge in [0.05, 0.1) is 16.7 Å². The number of hydrogen-bond donors (Lipinski definition) is 2. The minimum absolute atomic E-state index is 0.0932. The van der Waals surface area contributed by atoms with Crippen LogP contribution in [0.5, 0.6) is 23.0 Å². The lowest BCUT2D eigenvalue weighted by atomic mass is 9.93. The third-order valence-corrected chi connectivity index (χ3v) is 9.78. The lowest BCUT2D eigenvalue weighted by molar-refractivity contribution is 0.0922. The molecule has 8 heteroatoms. The Morgan fingerprint density at radius 1 is 1.02 bits per heavy atom. The van der Waals surface area contributed by atoms with Crippen LogP contribution in [0.1, 0.15) is 72.2 Å². The fourth-order valence-corrected chi connectivity index (χ4v) is 6.96. The molecule has 0 saturated heterocycles. The number of Topliss-reactive ketones (excluding diaryl/α,β-unsaturated/α-hetero) is 1. The van der Waals surface area contributed by atoms with Crippen molar-refractivity contribution >= 4 is 17.4 Å². The van der Waals surface area contributed by atoms with Gasteiger partial charge < -0.3 is 19.7 Å². The van der Waals surface area contributed by atoms with E-state index in [9.17, 15) is 24.7 Å². The van der Waals surface area contributed by atoms with Crippen molar-refractivity contribution in [3.63, 3.8) is 0 Å². The van der Waals surface area contributed by atoms with E-state index in [0.29, 0.717) is 52.5 Å². The van der Waals surface area contributed by atoms with E-state index in [1.165, 1.54) is 24.3 Å². The maximum atomic E-state index is 14.8. The molecule has 2 aliphatic rings. The van der Waals surface area contributed by atoms with Gasteiger partial charge in [0.2, 0.25) is 0 Å². The molecule has 0 bridgehead atoms. The van der Waals surface area contributed by atoms with E-state index in [1.54, 1.807) is 18.2 Å². The number of allylic oxidation sites excluding steroid dienone is 4. The predicted octanol–water partition coefficient (Wildman–Crippen LogP) is 10.6. The Kier molecular flexibility index (Phi) is 11.2. The van der Waals surface area contributed by atoms with E-state index < -0.39 is 0 Å². The average molecular weight is 704 g/mol. The van der Waals surface area contributed by atoms with Gasteiger partial charge in [-0.05, 0) is 109 Å². The molecule has 0 radical (unpaired) electrons. The standard InChI is InChI=1S/C43H39ClFNO5/c1-27(43(49)31-17-19-38(47)39(48)23-31)9-2-5-12-30-22-36(44)42(24-41(30)50-26-29-11-4-3-10-28(21-29)25-46)51-40-20-18-33-32(14-8-15-35(33)40)34-13-6-7-16-37(34)45/h3,6-8,10-11,13-17,19,21-24,27,40,47-48H,2,4-5,9,12,18,20,26H2,1H3/t27?,40-/m0/s1. The highest BCUT2D eigenvalue weighted by Gasteiger charge is 2.28. The maximum Gasteiger partial charge on any atom is 0.165 e. The van der Waals surface area contributed by atoms with Crippen LogP contribution in [0.25, 0.3) is 11.1 Å². The Bertz CT molecular complexity index is 2080. The molecular weight excluding hydrogens is 665 g/mol. The van der Waals surface area contributed by atoms with Gasteiger partial charge in [-0.1, -0.05) is 73.5 Å². The quantitative estimate of drug-likeness (QED) is 0.0817. The molecule has 51 heavy (non-hydrogen) atoms. The Morgan fingerprint density at radius 3 is 2.65 bits per heavy atom. The fourth-order valence-electron chi connectivity index (χ4n) is 6.73. The molecule has 2 aliphatic carbocycles. The number of ketones is 1. The topological polar surface area (TPSA) is 99.8 Å². The van der Waals surface area contributed by atoms with Crippen molar-refractivity contribution in [2.45, 2.75) is 58.0 Å². The van der Waals surface area contributed by atoms with E-state index >= 15 is 0 Å². The summed E-state index contributed by atoms with van der Waals surface area (Å²) in [4.78, 5) is 12.9. The van der Waals surface area contributed by atoms with Crippen molar-refractivity contribution in [1.29, 1.82) is 5.26 Å². The van der Waals surface area contributed by atoms with Crippen LogP contribution in [0.2, 0.25) is 5.02 Å².